The van der Waals surface area contributed by atoms with Gasteiger partial charge in [-0.3, -0.25) is 37.3 Å². The van der Waals surface area contributed by atoms with E-state index in [1.165, 1.54) is 212 Å². The zero-order chi connectivity index (χ0) is 73.8. The van der Waals surface area contributed by atoms with Gasteiger partial charge in [-0.25, -0.2) is 9.13 Å². The van der Waals surface area contributed by atoms with Crippen molar-refractivity contribution in [2.75, 3.05) is 39.6 Å². The van der Waals surface area contributed by atoms with Gasteiger partial charge in [-0.2, -0.15) is 0 Å². The number of aliphatic hydroxyl groups excluding tert-OH is 1. The Morgan fingerprint density at radius 3 is 0.710 bits per heavy atom. The van der Waals surface area contributed by atoms with Gasteiger partial charge in [0, 0.05) is 25.7 Å². The predicted octanol–water partition coefficient (Wildman–Crippen LogP) is 24.0. The van der Waals surface area contributed by atoms with E-state index in [9.17, 15) is 43.2 Å². The lowest BCUT2D eigenvalue weighted by atomic mass is 9.99. The largest absolute Gasteiger partial charge is 0.472 e. The summed E-state index contributed by atoms with van der Waals surface area (Å²) in [6, 6.07) is 0. The zero-order valence-electron chi connectivity index (χ0n) is 65.8. The molecular weight excluding hydrogens is 1310 g/mol. The first-order valence-corrected chi connectivity index (χ1v) is 44.8. The van der Waals surface area contributed by atoms with E-state index in [1.54, 1.807) is 0 Å². The average molecular weight is 1470 g/mol. The van der Waals surface area contributed by atoms with Gasteiger partial charge in [0.1, 0.15) is 19.3 Å². The van der Waals surface area contributed by atoms with Crippen LogP contribution < -0.4 is 0 Å². The number of aliphatic hydroxyl groups is 1. The van der Waals surface area contributed by atoms with Crippen molar-refractivity contribution >= 4 is 39.5 Å². The molecule has 0 spiro atoms. The maximum Gasteiger partial charge on any atom is 0.472 e. The quantitative estimate of drug-likeness (QED) is 0.0222. The third kappa shape index (κ3) is 71.7. The molecule has 0 aliphatic heterocycles. The minimum atomic E-state index is -4.96. The van der Waals surface area contributed by atoms with Crippen molar-refractivity contribution < 1.29 is 80.2 Å². The Hall–Kier alpha value is -1.94. The van der Waals surface area contributed by atoms with Gasteiger partial charge in [-0.05, 0) is 49.4 Å². The van der Waals surface area contributed by atoms with Crippen LogP contribution in [0.25, 0.3) is 0 Å². The topological polar surface area (TPSA) is 237 Å². The van der Waals surface area contributed by atoms with Crippen molar-refractivity contribution in [3.05, 3.63) is 0 Å². The van der Waals surface area contributed by atoms with Crippen molar-refractivity contribution in [2.24, 2.45) is 23.7 Å². The van der Waals surface area contributed by atoms with E-state index in [0.717, 1.165) is 114 Å². The highest BCUT2D eigenvalue weighted by molar-refractivity contribution is 7.47. The number of carbonyl (C=O) groups excluding carboxylic acids is 4. The number of phosphoric ester groups is 2. The minimum Gasteiger partial charge on any atom is -0.462 e. The van der Waals surface area contributed by atoms with Crippen LogP contribution in [0.5, 0.6) is 0 Å². The molecule has 0 aromatic rings. The Kier molecular flexibility index (Phi) is 68.7. The Morgan fingerprint density at radius 2 is 0.480 bits per heavy atom. The fourth-order valence-electron chi connectivity index (χ4n) is 12.4. The normalized spacial score (nSPS) is 14.6. The van der Waals surface area contributed by atoms with Gasteiger partial charge in [-0.15, -0.1) is 0 Å². The Balaban J connectivity index is 5.16. The van der Waals surface area contributed by atoms with Gasteiger partial charge in [-0.1, -0.05) is 364 Å². The SMILES string of the molecule is CCC(C)CCCCCCCCCCCCCCCCC(=O)O[C@H](COC(=O)CCCCCCCCC(C)CC)COP(=O)(O)OC[C@H](O)COP(=O)(O)OC[C@@H](COC(=O)CCCCCCCCCCCCCCCCCCCCC(C)C)OC(=O)CCCCCCCCCCC(C)C. The van der Waals surface area contributed by atoms with E-state index in [2.05, 4.69) is 55.4 Å². The van der Waals surface area contributed by atoms with Crippen LogP contribution in [0.2, 0.25) is 0 Å². The number of ether oxygens (including phenoxy) is 4. The van der Waals surface area contributed by atoms with E-state index in [4.69, 9.17) is 37.0 Å². The third-order valence-corrected chi connectivity index (χ3v) is 21.4. The summed E-state index contributed by atoms with van der Waals surface area (Å²) in [4.78, 5) is 73.0. The Morgan fingerprint density at radius 1 is 0.280 bits per heavy atom. The van der Waals surface area contributed by atoms with Gasteiger partial charge >= 0.3 is 39.5 Å². The Labute approximate surface area is 613 Å². The fraction of sp³-hybridized carbons (Fsp3) is 0.951. The van der Waals surface area contributed by atoms with Gasteiger partial charge in [0.25, 0.3) is 0 Å². The summed E-state index contributed by atoms with van der Waals surface area (Å²) in [5.41, 5.74) is 0. The number of hydrogen-bond donors (Lipinski definition) is 3. The number of unbranched alkanes of at least 4 members (excludes halogenated alkanes) is 42. The summed E-state index contributed by atoms with van der Waals surface area (Å²) < 4.78 is 68.6. The molecule has 0 fully saturated rings. The maximum atomic E-state index is 13.1. The molecular formula is C81H158O17P2. The number of esters is 4. The molecule has 0 aromatic heterocycles. The van der Waals surface area contributed by atoms with E-state index in [1.807, 2.05) is 0 Å². The molecule has 0 aliphatic rings. The second-order valence-corrected chi connectivity index (χ2v) is 33.5. The van der Waals surface area contributed by atoms with E-state index >= 15 is 0 Å². The van der Waals surface area contributed by atoms with E-state index in [-0.39, 0.29) is 25.7 Å². The first-order valence-electron chi connectivity index (χ1n) is 41.8. The number of phosphoric acid groups is 2. The molecule has 0 radical (unpaired) electrons. The summed E-state index contributed by atoms with van der Waals surface area (Å²) in [5.74, 6) is 1.00. The second-order valence-electron chi connectivity index (χ2n) is 30.6. The molecule has 3 N–H and O–H groups in total. The summed E-state index contributed by atoms with van der Waals surface area (Å²) in [7, 11) is -9.92. The standard InChI is InChI=1S/C81H158O17P2/c1-9-73(7)59-51-43-35-28-24-20-17-18-22-26-30-37-47-55-63-80(85)97-77(68-92-79(84)62-54-46-40-39-44-52-60-74(8)10-2)70-96-100(89,90)94-66-75(82)65-93-99(87,88)95-69-76(98-81(86)64-56-48-38-32-31-34-42-50-58-72(5)6)67-91-78(83)61-53-45-36-29-25-21-16-14-12-11-13-15-19-23-27-33-41-49-57-71(3)4/h71-77,82H,9-70H2,1-8H3,(H,87,88)(H,89,90)/t73?,74?,75-,76-,77-/m1/s1. The van der Waals surface area contributed by atoms with Crippen LogP contribution in [-0.4, -0.2) is 96.7 Å². The molecule has 0 rings (SSSR count). The number of hydrogen-bond acceptors (Lipinski definition) is 15. The molecule has 7 atom stereocenters. The molecule has 0 saturated carbocycles. The van der Waals surface area contributed by atoms with Crippen molar-refractivity contribution in [3.8, 4) is 0 Å². The van der Waals surface area contributed by atoms with Crippen LogP contribution in [0, 0.1) is 23.7 Å². The monoisotopic (exact) mass is 1470 g/mol. The highest BCUT2D eigenvalue weighted by Gasteiger charge is 2.30. The lowest BCUT2D eigenvalue weighted by Gasteiger charge is -2.21. The van der Waals surface area contributed by atoms with E-state index in [0.29, 0.717) is 31.6 Å². The van der Waals surface area contributed by atoms with Crippen molar-refractivity contribution in [3.63, 3.8) is 0 Å². The van der Waals surface area contributed by atoms with Crippen molar-refractivity contribution in [2.45, 2.75) is 433 Å². The molecule has 19 heteroatoms. The molecule has 4 unspecified atom stereocenters. The molecule has 0 heterocycles. The zero-order valence-corrected chi connectivity index (χ0v) is 67.6. The van der Waals surface area contributed by atoms with Gasteiger partial charge < -0.3 is 33.8 Å². The summed E-state index contributed by atoms with van der Waals surface area (Å²) in [5, 5.41) is 10.6. The van der Waals surface area contributed by atoms with E-state index < -0.39 is 97.5 Å². The molecule has 0 aliphatic carbocycles. The third-order valence-electron chi connectivity index (χ3n) is 19.5. The average Bonchev–Trinajstić information content (AvgIpc) is 1.06. The number of carbonyl (C=O) groups is 4. The van der Waals surface area contributed by atoms with Gasteiger partial charge in [0.15, 0.2) is 12.2 Å². The lowest BCUT2D eigenvalue weighted by Crippen LogP contribution is -2.30. The molecule has 0 amide bonds. The summed E-state index contributed by atoms with van der Waals surface area (Å²) in [6.45, 7) is 14.2. The highest BCUT2D eigenvalue weighted by Crippen LogP contribution is 2.45. The molecule has 0 bridgehead atoms. The number of rotatable bonds is 78. The van der Waals surface area contributed by atoms with Crippen LogP contribution in [-0.2, 0) is 65.4 Å². The second kappa shape index (κ2) is 70.1. The molecule has 17 nitrogen and oxygen atoms in total. The van der Waals surface area contributed by atoms with Crippen molar-refractivity contribution in [1.82, 2.24) is 0 Å². The predicted molar refractivity (Wildman–Crippen MR) is 409 cm³/mol. The molecule has 0 aromatic carbocycles. The van der Waals surface area contributed by atoms with Gasteiger partial charge in [0.05, 0.1) is 26.4 Å². The summed E-state index contributed by atoms with van der Waals surface area (Å²) >= 11 is 0. The molecule has 594 valence electrons. The van der Waals surface area contributed by atoms with Crippen molar-refractivity contribution in [1.29, 1.82) is 0 Å². The molecule has 100 heavy (non-hydrogen) atoms. The van der Waals surface area contributed by atoms with Crippen LogP contribution in [0.15, 0.2) is 0 Å². The smallest absolute Gasteiger partial charge is 0.462 e. The van der Waals surface area contributed by atoms with Crippen LogP contribution >= 0.6 is 15.6 Å². The first-order chi connectivity index (χ1) is 48.2. The minimum absolute atomic E-state index is 0.105. The van der Waals surface area contributed by atoms with Crippen LogP contribution in [0.3, 0.4) is 0 Å². The maximum absolute atomic E-state index is 13.1. The molecule has 0 saturated heterocycles. The van der Waals surface area contributed by atoms with Crippen LogP contribution in [0.4, 0.5) is 0 Å². The van der Waals surface area contributed by atoms with Crippen LogP contribution in [0.1, 0.15) is 415 Å². The highest BCUT2D eigenvalue weighted by atomic mass is 31.2. The Bertz CT molecular complexity index is 1960. The lowest BCUT2D eigenvalue weighted by molar-refractivity contribution is -0.161. The van der Waals surface area contributed by atoms with Gasteiger partial charge in [0.2, 0.25) is 0 Å². The first kappa shape index (κ1) is 98.1. The fourth-order valence-corrected chi connectivity index (χ4v) is 13.9. The summed E-state index contributed by atoms with van der Waals surface area (Å²) in [6.07, 6.45) is 57.0.